The van der Waals surface area contributed by atoms with Crippen molar-refractivity contribution in [3.63, 3.8) is 0 Å². The van der Waals surface area contributed by atoms with Gasteiger partial charge in [0.25, 0.3) is 11.6 Å². The lowest BCUT2D eigenvalue weighted by molar-refractivity contribution is -0.384. The van der Waals surface area contributed by atoms with Crippen LogP contribution in [0.15, 0.2) is 119 Å². The highest BCUT2D eigenvalue weighted by Gasteiger charge is 2.31. The van der Waals surface area contributed by atoms with E-state index in [-0.39, 0.29) is 88.9 Å². The number of amides is 2. The number of nitro benzene ring substituents is 1. The van der Waals surface area contributed by atoms with Crippen LogP contribution in [0.25, 0.3) is 44.6 Å². The number of Topliss-reactive ketones (excluding diaryl/α,β-unsaturated/α-hetero) is 2. The molecule has 6 aromatic rings. The fourth-order valence-electron chi connectivity index (χ4n) is 7.91. The van der Waals surface area contributed by atoms with Gasteiger partial charge in [-0.3, -0.25) is 34.1 Å². The molecule has 1 fully saturated rings. The number of phenolic OH excluding ortho intramolecular Hbond substituents is 1. The van der Waals surface area contributed by atoms with Crippen molar-refractivity contribution >= 4 is 57.1 Å². The number of nitrogens with one attached hydrogen (secondary N) is 2. The molecule has 1 saturated heterocycles. The fraction of sp³-hybridized carbons (Fsp3) is 0.149. The number of phenols is 1. The third kappa shape index (κ3) is 8.42. The van der Waals surface area contributed by atoms with Crippen LogP contribution in [0.4, 0.5) is 11.6 Å². The van der Waals surface area contributed by atoms with E-state index < -0.39 is 28.3 Å². The fourth-order valence-corrected chi connectivity index (χ4v) is 7.91. The van der Waals surface area contributed by atoms with Gasteiger partial charge in [0.2, 0.25) is 29.3 Å². The first-order valence-corrected chi connectivity index (χ1v) is 20.3. The monoisotopic (exact) mass is 872 g/mol. The molecule has 18 nitrogen and oxygen atoms in total. The number of hydrogen-bond donors (Lipinski definition) is 4. The zero-order valence-corrected chi connectivity index (χ0v) is 34.1. The third-order valence-electron chi connectivity index (χ3n) is 11.3. The zero-order chi connectivity index (χ0) is 45.4. The number of aromatic nitrogens is 4. The summed E-state index contributed by atoms with van der Waals surface area (Å²) in [5.41, 5.74) is 9.27. The predicted octanol–water partition coefficient (Wildman–Crippen LogP) is 6.24. The molecule has 1 aliphatic carbocycles. The second-order valence-electron chi connectivity index (χ2n) is 15.4. The highest BCUT2D eigenvalue weighted by Crippen LogP contribution is 2.42. The van der Waals surface area contributed by atoms with E-state index in [1.165, 1.54) is 54.9 Å². The summed E-state index contributed by atoms with van der Waals surface area (Å²) >= 11 is 0. The van der Waals surface area contributed by atoms with Crippen molar-refractivity contribution < 1.29 is 38.4 Å². The van der Waals surface area contributed by atoms with Crippen molar-refractivity contribution in [1.29, 1.82) is 0 Å². The molecule has 2 aromatic heterocycles. The van der Waals surface area contributed by atoms with E-state index in [4.69, 9.17) is 14.9 Å². The summed E-state index contributed by atoms with van der Waals surface area (Å²) in [7, 11) is 0. The van der Waals surface area contributed by atoms with E-state index >= 15 is 0 Å². The van der Waals surface area contributed by atoms with Crippen LogP contribution in [0.2, 0.25) is 0 Å². The maximum absolute atomic E-state index is 14.7. The Balaban J connectivity index is 0.929. The minimum absolute atomic E-state index is 0.0426. The number of hydrogen-bond acceptors (Lipinski definition) is 14. The van der Waals surface area contributed by atoms with Gasteiger partial charge in [-0.1, -0.05) is 36.4 Å². The number of nitrogen functional groups attached to an aromatic ring is 1. The Morgan fingerprint density at radius 3 is 2.34 bits per heavy atom. The number of nitrogens with zero attached hydrogens (tertiary/aromatic N) is 5. The molecular weight excluding hydrogens is 837 g/mol. The summed E-state index contributed by atoms with van der Waals surface area (Å²) in [6.45, 7) is 0.883. The van der Waals surface area contributed by atoms with Crippen LogP contribution in [0.5, 0.6) is 11.6 Å². The average molecular weight is 873 g/mol. The molecule has 0 unspecified atom stereocenters. The number of non-ortho nitro benzene ring substituents is 1. The molecule has 0 bridgehead atoms. The Labute approximate surface area is 367 Å². The SMILES string of the molecule is Nc1nc(OCc2ccc(CNC(=O)C3CCN(C(=O)c4cc(C(=O)C(=O)c5ccc([N+](=O)[O-])cc5)ccc4-c4c5ccc(=O)cc-5oc5cc(O)ccc45)CC3)cc2)c2[nH]cnc2n1. The van der Waals surface area contributed by atoms with E-state index in [9.17, 15) is 39.2 Å². The van der Waals surface area contributed by atoms with Crippen LogP contribution < -0.4 is 21.2 Å². The van der Waals surface area contributed by atoms with Gasteiger partial charge in [0.1, 0.15) is 29.2 Å². The molecule has 0 saturated carbocycles. The molecule has 5 N–H and O–H groups in total. The number of ketones is 2. The molecule has 4 heterocycles. The molecule has 324 valence electrons. The molecule has 2 amide bonds. The first-order valence-electron chi connectivity index (χ1n) is 20.3. The molecule has 2 aliphatic heterocycles. The molecule has 18 heteroatoms. The van der Waals surface area contributed by atoms with Crippen LogP contribution in [0.3, 0.4) is 0 Å². The molecule has 0 spiro atoms. The Morgan fingerprint density at radius 1 is 0.877 bits per heavy atom. The topological polar surface area (TPSA) is 267 Å². The summed E-state index contributed by atoms with van der Waals surface area (Å²) in [6.07, 6.45) is 2.17. The molecule has 0 atom stereocenters. The van der Waals surface area contributed by atoms with Gasteiger partial charge in [-0.05, 0) is 72.0 Å². The van der Waals surface area contributed by atoms with Crippen molar-refractivity contribution in [2.75, 3.05) is 18.8 Å². The number of likely N-dealkylation sites (tertiary alicyclic amines) is 1. The van der Waals surface area contributed by atoms with Crippen LogP contribution in [0, 0.1) is 16.0 Å². The molecule has 65 heavy (non-hydrogen) atoms. The average Bonchev–Trinajstić information content (AvgIpc) is 3.80. The predicted molar refractivity (Wildman–Crippen MR) is 235 cm³/mol. The van der Waals surface area contributed by atoms with Gasteiger partial charge in [-0.15, -0.1) is 0 Å². The van der Waals surface area contributed by atoms with Crippen molar-refractivity contribution in [3.8, 4) is 34.1 Å². The number of benzene rings is 5. The number of piperidine rings is 1. The number of nitrogens with two attached hydrogens (primary N) is 1. The minimum atomic E-state index is -0.944. The minimum Gasteiger partial charge on any atom is -0.508 e. The van der Waals surface area contributed by atoms with Crippen molar-refractivity contribution in [1.82, 2.24) is 30.2 Å². The second-order valence-corrected chi connectivity index (χ2v) is 15.4. The van der Waals surface area contributed by atoms with Gasteiger partial charge in [0, 0.05) is 83.0 Å². The number of carbonyl (C=O) groups is 4. The number of ether oxygens (including phenoxy) is 1. The van der Waals surface area contributed by atoms with Crippen molar-refractivity contribution in [3.05, 3.63) is 158 Å². The van der Waals surface area contributed by atoms with E-state index in [0.717, 1.165) is 23.3 Å². The van der Waals surface area contributed by atoms with E-state index in [1.54, 1.807) is 23.1 Å². The van der Waals surface area contributed by atoms with Crippen LogP contribution >= 0.6 is 0 Å². The quantitative estimate of drug-likeness (QED) is 0.0348. The largest absolute Gasteiger partial charge is 0.508 e. The highest BCUT2D eigenvalue weighted by molar-refractivity contribution is 6.49. The van der Waals surface area contributed by atoms with E-state index in [2.05, 4.69) is 25.3 Å². The maximum Gasteiger partial charge on any atom is 0.269 e. The second kappa shape index (κ2) is 17.2. The van der Waals surface area contributed by atoms with Crippen molar-refractivity contribution in [2.24, 2.45) is 5.92 Å². The normalized spacial score (nSPS) is 13.0. The number of fused-ring (bicyclic) bond motifs is 3. The maximum atomic E-state index is 14.7. The van der Waals surface area contributed by atoms with Crippen LogP contribution in [-0.2, 0) is 17.9 Å². The number of aromatic hydroxyl groups is 1. The Bertz CT molecular complexity index is 3230. The van der Waals surface area contributed by atoms with Gasteiger partial charge >= 0.3 is 0 Å². The lowest BCUT2D eigenvalue weighted by atomic mass is 9.88. The first kappa shape index (κ1) is 41.5. The van der Waals surface area contributed by atoms with Crippen LogP contribution in [-0.4, -0.2) is 71.3 Å². The molecule has 4 aromatic carbocycles. The number of carbonyl (C=O) groups excluding carboxylic acids is 4. The smallest absolute Gasteiger partial charge is 0.269 e. The zero-order valence-electron chi connectivity index (χ0n) is 34.1. The summed E-state index contributed by atoms with van der Waals surface area (Å²) in [4.78, 5) is 95.1. The number of nitro groups is 1. The highest BCUT2D eigenvalue weighted by atomic mass is 16.6. The Hall–Kier alpha value is -8.80. The summed E-state index contributed by atoms with van der Waals surface area (Å²) in [5.74, 6) is -2.49. The number of anilines is 1. The molecular formula is C47H36N8O10. The van der Waals surface area contributed by atoms with Gasteiger partial charge in [0.15, 0.2) is 11.1 Å². The standard InChI is InChI=1S/C47H36N8O10/c48-47-52-43-40(50-24-51-43)45(53-47)64-23-26-3-1-25(2-4-26)22-49-44(60)28-15-17-54(18-16-28)46(61)36-19-29(42(59)41(58)27-5-8-30(9-6-27)55(62)63)7-12-33(36)39-34-13-10-31(56)20-37(34)65-38-21-32(57)11-14-35(38)39/h1-14,19-21,24,28,56H,15-18,22-23H2,(H,49,60)(H3,48,50,51,52,53). The van der Waals surface area contributed by atoms with Crippen LogP contribution in [0.1, 0.15) is 55.0 Å². The Morgan fingerprint density at radius 2 is 1.58 bits per heavy atom. The number of H-pyrrole nitrogens is 1. The molecule has 3 aliphatic rings. The lowest BCUT2D eigenvalue weighted by Crippen LogP contribution is -2.43. The van der Waals surface area contributed by atoms with E-state index in [0.29, 0.717) is 46.1 Å². The number of imidazole rings is 1. The van der Waals surface area contributed by atoms with E-state index in [1.807, 2.05) is 24.3 Å². The van der Waals surface area contributed by atoms with Gasteiger partial charge in [0.05, 0.1) is 11.3 Å². The molecule has 0 radical (unpaired) electrons. The third-order valence-corrected chi connectivity index (χ3v) is 11.3. The van der Waals surface area contributed by atoms with Gasteiger partial charge < -0.3 is 35.2 Å². The molecule has 9 rings (SSSR count). The number of aromatic amines is 1. The van der Waals surface area contributed by atoms with Gasteiger partial charge in [-0.2, -0.15) is 9.97 Å². The summed E-state index contributed by atoms with van der Waals surface area (Å²) < 4.78 is 11.9. The lowest BCUT2D eigenvalue weighted by Gasteiger charge is -2.32. The van der Waals surface area contributed by atoms with Gasteiger partial charge in [-0.25, -0.2) is 4.98 Å². The number of rotatable bonds is 12. The first-order chi connectivity index (χ1) is 31.4. The Kier molecular flexibility index (Phi) is 11.0. The van der Waals surface area contributed by atoms with Crippen molar-refractivity contribution in [2.45, 2.75) is 26.0 Å². The summed E-state index contributed by atoms with van der Waals surface area (Å²) in [5, 5.41) is 25.0. The summed E-state index contributed by atoms with van der Waals surface area (Å²) in [6, 6.07) is 25.1.